The van der Waals surface area contributed by atoms with Gasteiger partial charge in [0, 0.05) is 19.1 Å². The summed E-state index contributed by atoms with van der Waals surface area (Å²) in [6.07, 6.45) is 7.78. The summed E-state index contributed by atoms with van der Waals surface area (Å²) in [6.45, 7) is 6.18. The Labute approximate surface area is 181 Å². The normalized spacial score (nSPS) is 28.2. The number of hydrogen-bond acceptors (Lipinski definition) is 5. The largest absolute Gasteiger partial charge is 0.342 e. The van der Waals surface area contributed by atoms with Gasteiger partial charge in [-0.25, -0.2) is 0 Å². The molecule has 2 saturated carbocycles. The van der Waals surface area contributed by atoms with Gasteiger partial charge in [-0.1, -0.05) is 24.2 Å². The first-order valence-electron chi connectivity index (χ1n) is 11.1. The summed E-state index contributed by atoms with van der Waals surface area (Å²) >= 11 is 3.31. The number of fused-ring (bicyclic) bond motifs is 2. The van der Waals surface area contributed by atoms with E-state index < -0.39 is 0 Å². The van der Waals surface area contributed by atoms with E-state index >= 15 is 0 Å². The molecule has 156 valence electrons. The Morgan fingerprint density at radius 3 is 2.69 bits per heavy atom. The molecule has 5 nitrogen and oxygen atoms in total. The van der Waals surface area contributed by atoms with Crippen molar-refractivity contribution in [3.05, 3.63) is 17.5 Å². The maximum Gasteiger partial charge on any atom is 0.235 e. The maximum absolute atomic E-state index is 12.9. The zero-order chi connectivity index (χ0) is 20.0. The summed E-state index contributed by atoms with van der Waals surface area (Å²) in [5.74, 6) is 3.68. The number of thioether (sulfide) groups is 1. The lowest BCUT2D eigenvalue weighted by Crippen LogP contribution is -2.34. The van der Waals surface area contributed by atoms with Crippen LogP contribution in [0.3, 0.4) is 0 Å². The number of likely N-dealkylation sites (tertiary alicyclic amines) is 1. The zero-order valence-corrected chi connectivity index (χ0v) is 18.9. The molecule has 5 rings (SSSR count). The maximum atomic E-state index is 12.9. The molecule has 1 aliphatic heterocycles. The second-order valence-electron chi connectivity index (χ2n) is 9.03. The Morgan fingerprint density at radius 1 is 1.21 bits per heavy atom. The fourth-order valence-corrected chi connectivity index (χ4v) is 7.50. The fourth-order valence-electron chi connectivity index (χ4n) is 5.78. The highest BCUT2D eigenvalue weighted by Gasteiger charge is 2.43. The van der Waals surface area contributed by atoms with Crippen molar-refractivity contribution in [3.8, 4) is 10.7 Å². The number of amides is 1. The van der Waals surface area contributed by atoms with E-state index in [0.717, 1.165) is 53.6 Å². The van der Waals surface area contributed by atoms with E-state index in [2.05, 4.69) is 39.2 Å². The highest BCUT2D eigenvalue weighted by Crippen LogP contribution is 2.53. The Hall–Kier alpha value is -1.34. The molecule has 5 unspecified atom stereocenters. The van der Waals surface area contributed by atoms with Crippen molar-refractivity contribution in [1.82, 2.24) is 19.7 Å². The minimum Gasteiger partial charge on any atom is -0.342 e. The molecule has 0 spiro atoms. The second kappa shape index (κ2) is 8.06. The minimum absolute atomic E-state index is 0.125. The average Bonchev–Trinajstić information content (AvgIpc) is 3.53. The molecule has 1 amide bonds. The lowest BCUT2D eigenvalue weighted by atomic mass is 9.84. The van der Waals surface area contributed by atoms with Crippen LogP contribution in [0, 0.1) is 17.8 Å². The summed E-state index contributed by atoms with van der Waals surface area (Å²) in [6, 6.07) is 4.58. The average molecular weight is 431 g/mol. The van der Waals surface area contributed by atoms with Crippen LogP contribution in [0.25, 0.3) is 10.7 Å². The first-order chi connectivity index (χ1) is 14.1. The Kier molecular flexibility index (Phi) is 5.45. The van der Waals surface area contributed by atoms with Gasteiger partial charge in [-0.15, -0.1) is 21.5 Å². The van der Waals surface area contributed by atoms with Gasteiger partial charge >= 0.3 is 0 Å². The monoisotopic (exact) mass is 430 g/mol. The quantitative estimate of drug-likeness (QED) is 0.598. The smallest absolute Gasteiger partial charge is 0.235 e. The lowest BCUT2D eigenvalue weighted by molar-refractivity contribution is -0.129. The molecular formula is C22H30N4OS2. The minimum atomic E-state index is -0.125. The van der Waals surface area contributed by atoms with E-state index in [0.29, 0.717) is 12.0 Å². The van der Waals surface area contributed by atoms with Crippen molar-refractivity contribution in [2.75, 3.05) is 13.1 Å². The highest BCUT2D eigenvalue weighted by atomic mass is 32.2. The van der Waals surface area contributed by atoms with Crippen LogP contribution in [0.2, 0.25) is 0 Å². The number of hydrogen-bond donors (Lipinski definition) is 0. The van der Waals surface area contributed by atoms with Crippen LogP contribution >= 0.6 is 23.1 Å². The topological polar surface area (TPSA) is 51.0 Å². The number of rotatable bonds is 6. The molecular weight excluding hydrogens is 400 g/mol. The number of aromatic nitrogens is 3. The van der Waals surface area contributed by atoms with Gasteiger partial charge in [-0.2, -0.15) is 0 Å². The van der Waals surface area contributed by atoms with Gasteiger partial charge in [0.2, 0.25) is 5.91 Å². The molecule has 3 aliphatic rings. The Balaban J connectivity index is 1.43. The van der Waals surface area contributed by atoms with Gasteiger partial charge in [-0.3, -0.25) is 9.36 Å². The van der Waals surface area contributed by atoms with Crippen LogP contribution in [0.15, 0.2) is 22.7 Å². The second-order valence-corrected chi connectivity index (χ2v) is 11.3. The molecule has 1 saturated heterocycles. The highest BCUT2D eigenvalue weighted by molar-refractivity contribution is 8.00. The lowest BCUT2D eigenvalue weighted by Gasteiger charge is -2.30. The predicted octanol–water partition coefficient (Wildman–Crippen LogP) is 5.11. The van der Waals surface area contributed by atoms with Crippen molar-refractivity contribution in [3.63, 3.8) is 0 Å². The third-order valence-electron chi connectivity index (χ3n) is 7.27. The van der Waals surface area contributed by atoms with Crippen LogP contribution < -0.4 is 0 Å². The molecule has 29 heavy (non-hydrogen) atoms. The summed E-state index contributed by atoms with van der Waals surface area (Å²) in [5, 5.41) is 12.1. The van der Waals surface area contributed by atoms with Crippen LogP contribution in [-0.4, -0.2) is 43.9 Å². The van der Waals surface area contributed by atoms with Crippen molar-refractivity contribution >= 4 is 29.0 Å². The molecule has 2 aromatic heterocycles. The van der Waals surface area contributed by atoms with Crippen LogP contribution in [-0.2, 0) is 4.79 Å². The van der Waals surface area contributed by atoms with Gasteiger partial charge in [0.15, 0.2) is 11.0 Å². The predicted molar refractivity (Wildman–Crippen MR) is 118 cm³/mol. The number of thiophene rings is 1. The van der Waals surface area contributed by atoms with Crippen molar-refractivity contribution in [1.29, 1.82) is 0 Å². The fraction of sp³-hybridized carbons (Fsp3) is 0.682. The van der Waals surface area contributed by atoms with E-state index in [4.69, 9.17) is 0 Å². The van der Waals surface area contributed by atoms with Crippen molar-refractivity contribution in [2.45, 2.75) is 68.8 Å². The van der Waals surface area contributed by atoms with Gasteiger partial charge in [0.25, 0.3) is 0 Å². The van der Waals surface area contributed by atoms with E-state index in [1.54, 1.807) is 23.1 Å². The molecule has 2 aliphatic carbocycles. The first kappa shape index (κ1) is 19.6. The summed E-state index contributed by atoms with van der Waals surface area (Å²) in [4.78, 5) is 16.1. The molecule has 0 N–H and O–H groups in total. The van der Waals surface area contributed by atoms with E-state index in [9.17, 15) is 4.79 Å². The van der Waals surface area contributed by atoms with Crippen LogP contribution in [0.5, 0.6) is 0 Å². The third-order valence-corrected chi connectivity index (χ3v) is 9.18. The molecule has 0 radical (unpaired) electrons. The Morgan fingerprint density at radius 2 is 2.03 bits per heavy atom. The van der Waals surface area contributed by atoms with Crippen LogP contribution in [0.4, 0.5) is 0 Å². The van der Waals surface area contributed by atoms with Gasteiger partial charge in [0.1, 0.15) is 0 Å². The van der Waals surface area contributed by atoms with E-state index in [1.807, 2.05) is 11.8 Å². The van der Waals surface area contributed by atoms with Crippen molar-refractivity contribution in [2.24, 2.45) is 17.8 Å². The Bertz CT molecular complexity index is 858. The molecule has 7 heteroatoms. The van der Waals surface area contributed by atoms with E-state index in [1.165, 1.54) is 25.7 Å². The number of carbonyl (C=O) groups excluding carboxylic acids is 1. The molecule has 0 aromatic carbocycles. The van der Waals surface area contributed by atoms with Gasteiger partial charge < -0.3 is 4.90 Å². The SMILES string of the molecule is CC(Sc1nnc(-c2cccs2)n1C(C)C1CC2CCC1C2)C(=O)N1CCCC1. The molecule has 3 fully saturated rings. The zero-order valence-electron chi connectivity index (χ0n) is 17.3. The molecule has 2 bridgehead atoms. The summed E-state index contributed by atoms with van der Waals surface area (Å²) < 4.78 is 2.36. The third kappa shape index (κ3) is 3.65. The summed E-state index contributed by atoms with van der Waals surface area (Å²) in [7, 11) is 0. The number of nitrogens with zero attached hydrogens (tertiary/aromatic N) is 4. The molecule has 3 heterocycles. The molecule has 2 aromatic rings. The van der Waals surface area contributed by atoms with Crippen molar-refractivity contribution < 1.29 is 4.79 Å². The summed E-state index contributed by atoms with van der Waals surface area (Å²) in [5.41, 5.74) is 0. The standard InChI is InChI=1S/C22H30N4OS2/c1-14(18-13-16-7-8-17(18)12-16)26-20(19-6-5-11-28-19)23-24-22(26)29-15(2)21(27)25-9-3-4-10-25/h5-6,11,14-18H,3-4,7-10,12-13H2,1-2H3. The van der Waals surface area contributed by atoms with Crippen LogP contribution in [0.1, 0.15) is 58.4 Å². The van der Waals surface area contributed by atoms with E-state index in [-0.39, 0.29) is 11.2 Å². The van der Waals surface area contributed by atoms with Gasteiger partial charge in [0.05, 0.1) is 10.1 Å². The number of carbonyl (C=O) groups is 1. The van der Waals surface area contributed by atoms with Gasteiger partial charge in [-0.05, 0) is 75.2 Å². The molecule has 5 atom stereocenters. The first-order valence-corrected chi connectivity index (χ1v) is 12.8.